The molecule has 0 fully saturated rings. The second kappa shape index (κ2) is 22.6. The zero-order valence-corrected chi connectivity index (χ0v) is 59.3. The Kier molecular flexibility index (Phi) is 14.5. The number of para-hydroxylation sites is 2. The SMILES string of the molecule is [C-]#[N+]c1cc(C(C)(C)C)cc2c3cc(C(C)(C)C)cc([N+]#[C-])c3n(-c3ccc4c(c3)N(c3ccccc3-c3ccccc3)c3cc(C(C)(C)C)cc5c3B4c3ccc(-n4c6c(C#N)cc(C(C)(C)C)cc6c6cc(C(C)(C)C)cc(C#N)c64)cc3N5c3ccccc3-c3ccccc3)c12. The predicted octanol–water partition coefficient (Wildman–Crippen LogP) is 22.6. The topological polar surface area (TPSA) is 72.6 Å². The van der Waals surface area contributed by atoms with Crippen LogP contribution in [0.25, 0.3) is 86.9 Å². The van der Waals surface area contributed by atoms with E-state index in [1.807, 2.05) is 12.1 Å². The molecule has 9 heteroatoms. The van der Waals surface area contributed by atoms with Crippen molar-refractivity contribution < 1.29 is 0 Å². The highest BCUT2D eigenvalue weighted by molar-refractivity contribution is 7.00. The van der Waals surface area contributed by atoms with Crippen LogP contribution in [0.2, 0.25) is 0 Å². The lowest BCUT2D eigenvalue weighted by atomic mass is 9.33. The average Bonchev–Trinajstić information content (AvgIpc) is 1.20. The molecule has 11 aromatic carbocycles. The third-order valence-corrected chi connectivity index (χ3v) is 20.7. The molecule has 0 unspecified atom stereocenters. The van der Waals surface area contributed by atoms with Crippen molar-refractivity contribution in [2.75, 3.05) is 9.80 Å². The number of hydrogen-bond acceptors (Lipinski definition) is 4. The van der Waals surface area contributed by atoms with E-state index in [0.29, 0.717) is 22.5 Å². The zero-order valence-electron chi connectivity index (χ0n) is 59.3. The third-order valence-electron chi connectivity index (χ3n) is 20.7. The Hall–Kier alpha value is -11.4. The second-order valence-electron chi connectivity index (χ2n) is 32.3. The fourth-order valence-corrected chi connectivity index (χ4v) is 15.4. The van der Waals surface area contributed by atoms with E-state index in [-0.39, 0.29) is 33.8 Å². The van der Waals surface area contributed by atoms with Crippen molar-refractivity contribution in [3.8, 4) is 45.8 Å². The van der Waals surface area contributed by atoms with Gasteiger partial charge in [0.15, 0.2) is 0 Å². The van der Waals surface area contributed by atoms with Crippen molar-refractivity contribution in [3.63, 3.8) is 0 Å². The van der Waals surface area contributed by atoms with Gasteiger partial charge in [0.2, 0.25) is 11.4 Å². The zero-order chi connectivity index (χ0) is 69.7. The Morgan fingerprint density at radius 2 is 0.657 bits per heavy atom. The summed E-state index contributed by atoms with van der Waals surface area (Å²) in [5, 5.41) is 26.7. The van der Waals surface area contributed by atoms with Crippen LogP contribution in [0.4, 0.5) is 45.5 Å². The lowest BCUT2D eigenvalue weighted by Crippen LogP contribution is -2.61. The van der Waals surface area contributed by atoms with Gasteiger partial charge in [-0.3, -0.25) is 0 Å². The molecule has 4 heterocycles. The van der Waals surface area contributed by atoms with E-state index < -0.39 is 0 Å². The lowest BCUT2D eigenvalue weighted by molar-refractivity contribution is 0.590. The van der Waals surface area contributed by atoms with Crippen LogP contribution in [-0.2, 0) is 27.1 Å². The highest BCUT2D eigenvalue weighted by atomic mass is 15.2. The molecular weight excluding hydrogens is 1200 g/mol. The number of hydrogen-bond donors (Lipinski definition) is 0. The molecule has 0 saturated heterocycles. The van der Waals surface area contributed by atoms with Gasteiger partial charge in [-0.1, -0.05) is 248 Å². The summed E-state index contributed by atoms with van der Waals surface area (Å²) in [5.74, 6) is 0. The van der Waals surface area contributed by atoms with E-state index in [1.165, 1.54) is 0 Å². The van der Waals surface area contributed by atoms with Crippen molar-refractivity contribution in [1.29, 1.82) is 10.5 Å². The van der Waals surface area contributed by atoms with Gasteiger partial charge in [-0.05, 0) is 155 Å². The number of benzene rings is 11. The maximum atomic E-state index is 11.5. The predicted molar refractivity (Wildman–Crippen MR) is 415 cm³/mol. The summed E-state index contributed by atoms with van der Waals surface area (Å²) in [6, 6.07) is 80.0. The smallest absolute Gasteiger partial charge is 0.252 e. The number of rotatable bonds is 6. The molecule has 0 bridgehead atoms. The number of aromatic nitrogens is 2. The molecule has 0 spiro atoms. The summed E-state index contributed by atoms with van der Waals surface area (Å²) in [6.07, 6.45) is 0. The van der Waals surface area contributed by atoms with Crippen molar-refractivity contribution in [2.24, 2.45) is 0 Å². The Morgan fingerprint density at radius 1 is 0.333 bits per heavy atom. The first-order chi connectivity index (χ1) is 47.1. The van der Waals surface area contributed by atoms with Crippen LogP contribution in [0.3, 0.4) is 0 Å². The van der Waals surface area contributed by atoms with Gasteiger partial charge in [0.05, 0.1) is 57.7 Å². The molecule has 0 N–H and O–H groups in total. The maximum absolute atomic E-state index is 11.5. The molecule has 2 aliphatic heterocycles. The molecule has 0 atom stereocenters. The molecule has 0 amide bonds. The number of nitrogens with zero attached hydrogens (tertiary/aromatic N) is 8. The van der Waals surface area contributed by atoms with Crippen molar-refractivity contribution in [1.82, 2.24) is 9.13 Å². The van der Waals surface area contributed by atoms with Crippen molar-refractivity contribution in [3.05, 3.63) is 268 Å². The van der Waals surface area contributed by atoms with Crippen LogP contribution < -0.4 is 26.2 Å². The summed E-state index contributed by atoms with van der Waals surface area (Å²) < 4.78 is 4.42. The number of anilines is 6. The fourth-order valence-electron chi connectivity index (χ4n) is 15.4. The first-order valence-corrected chi connectivity index (χ1v) is 34.4. The summed E-state index contributed by atoms with van der Waals surface area (Å²) in [5.41, 5.74) is 24.2. The van der Waals surface area contributed by atoms with Gasteiger partial charge in [-0.25, -0.2) is 9.69 Å². The molecule has 13 aromatic rings. The van der Waals surface area contributed by atoms with Gasteiger partial charge in [-0.15, -0.1) is 0 Å². The Bertz CT molecular complexity index is 5240. The van der Waals surface area contributed by atoms with Gasteiger partial charge < -0.3 is 18.9 Å². The highest BCUT2D eigenvalue weighted by Crippen LogP contribution is 2.53. The van der Waals surface area contributed by atoms with Gasteiger partial charge in [0, 0.05) is 56.0 Å². The Labute approximate surface area is 583 Å². The molecule has 8 nitrogen and oxygen atoms in total. The minimum Gasteiger partial charge on any atom is -0.329 e. The molecule has 2 aromatic heterocycles. The summed E-state index contributed by atoms with van der Waals surface area (Å²) in [4.78, 5) is 13.7. The van der Waals surface area contributed by atoms with E-state index in [0.717, 1.165) is 156 Å². The molecule has 0 saturated carbocycles. The standard InChI is InChI=1S/C90H79BN8/c1-86(2,3)58-40-56(52-92)82-67(42-58)68-43-59(87(4,5)6)41-57(53-93)83(68)96(82)63-36-38-71-77(50-63)98(75-34-26-24-32-65(75)54-28-20-18-21-29-54)79-48-62(90(13,14)15)49-80-81(79)91(71)72-39-37-64(51-78(72)99(80)76-35-27-25-33-66(76)55-30-22-19-23-31-55)97-84-69(44-60(88(7,8)9)46-73(84)94-16)70-45-61(89(10,11)12)47-74(95-17)85(70)97/h18-51H,1-15H3. The van der Waals surface area contributed by atoms with Crippen LogP contribution in [0.1, 0.15) is 143 Å². The number of fused-ring (bicyclic) bond motifs is 10. The Morgan fingerprint density at radius 3 is 1.01 bits per heavy atom. The summed E-state index contributed by atoms with van der Waals surface area (Å²) in [7, 11) is 0. The summed E-state index contributed by atoms with van der Waals surface area (Å²) in [6.45, 7) is 50.8. The molecule has 15 rings (SSSR count). The first kappa shape index (κ1) is 63.7. The minimum atomic E-state index is -0.365. The van der Waals surface area contributed by atoms with E-state index >= 15 is 0 Å². The largest absolute Gasteiger partial charge is 0.329 e. The molecule has 0 radical (unpaired) electrons. The molecule has 2 aliphatic rings. The molecule has 482 valence electrons. The van der Waals surface area contributed by atoms with Crippen LogP contribution in [0.5, 0.6) is 0 Å². The van der Waals surface area contributed by atoms with Crippen molar-refractivity contribution >= 4 is 112 Å². The fraction of sp³-hybridized carbons (Fsp3) is 0.222. The van der Waals surface area contributed by atoms with Gasteiger partial charge in [0.1, 0.15) is 12.1 Å². The quantitative estimate of drug-likeness (QED) is 0.123. The maximum Gasteiger partial charge on any atom is 0.252 e. The van der Waals surface area contributed by atoms with E-state index in [4.69, 9.17) is 13.1 Å². The van der Waals surface area contributed by atoms with E-state index in [2.05, 4.69) is 339 Å². The van der Waals surface area contributed by atoms with E-state index in [1.54, 1.807) is 0 Å². The summed E-state index contributed by atoms with van der Waals surface area (Å²) >= 11 is 0. The minimum absolute atomic E-state index is 0.270. The Balaban J connectivity index is 1.11. The average molecular weight is 1280 g/mol. The van der Waals surface area contributed by atoms with Gasteiger partial charge in [-0.2, -0.15) is 10.5 Å². The van der Waals surface area contributed by atoms with Crippen LogP contribution in [0, 0.1) is 35.8 Å². The van der Waals surface area contributed by atoms with Crippen LogP contribution in [-0.4, -0.2) is 15.8 Å². The highest BCUT2D eigenvalue weighted by Gasteiger charge is 2.46. The third kappa shape index (κ3) is 10.2. The van der Waals surface area contributed by atoms with Crippen LogP contribution >= 0.6 is 0 Å². The second-order valence-corrected chi connectivity index (χ2v) is 32.3. The van der Waals surface area contributed by atoms with E-state index in [9.17, 15) is 10.5 Å². The number of nitriles is 2. The molecular formula is C90H79BN8. The monoisotopic (exact) mass is 1280 g/mol. The van der Waals surface area contributed by atoms with Gasteiger partial charge >= 0.3 is 0 Å². The van der Waals surface area contributed by atoms with Crippen LogP contribution in [0.15, 0.2) is 206 Å². The van der Waals surface area contributed by atoms with Gasteiger partial charge in [0.25, 0.3) is 6.71 Å². The molecule has 99 heavy (non-hydrogen) atoms. The lowest BCUT2D eigenvalue weighted by Gasteiger charge is -2.46. The first-order valence-electron chi connectivity index (χ1n) is 34.4. The molecule has 0 aliphatic carbocycles. The van der Waals surface area contributed by atoms with Crippen molar-refractivity contribution in [2.45, 2.75) is 131 Å². The normalized spacial score (nSPS) is 13.1.